The molecule has 2 N–H and O–H groups in total. The Morgan fingerprint density at radius 2 is 0.844 bits per heavy atom. The van der Waals surface area contributed by atoms with Crippen molar-refractivity contribution in [3.63, 3.8) is 0 Å². The molecule has 4 aromatic rings. The Kier molecular flexibility index (Phi) is 14.4. The molecule has 4 aromatic carbocycles. The van der Waals surface area contributed by atoms with Crippen LogP contribution in [0, 0.1) is 0 Å². The lowest BCUT2D eigenvalue weighted by atomic mass is 10.0. The second-order valence-corrected chi connectivity index (χ2v) is 16.3. The van der Waals surface area contributed by atoms with Gasteiger partial charge in [-0.15, -0.1) is 0 Å². The molecule has 6 atom stereocenters. The summed E-state index contributed by atoms with van der Waals surface area (Å²) in [5, 5.41) is 6.21. The Morgan fingerprint density at radius 1 is 0.469 bits per heavy atom. The van der Waals surface area contributed by atoms with Crippen LogP contribution in [0.2, 0.25) is 0 Å². The monoisotopic (exact) mass is 872 g/mol. The molecular formula is C50H56N4O10. The lowest BCUT2D eigenvalue weighted by Gasteiger charge is -2.28. The first-order chi connectivity index (χ1) is 30.9. The van der Waals surface area contributed by atoms with Crippen LogP contribution >= 0.6 is 0 Å². The number of likely N-dealkylation sites (N-methyl/N-ethyl adjacent to an activating group) is 2. The zero-order valence-corrected chi connectivity index (χ0v) is 37.1. The summed E-state index contributed by atoms with van der Waals surface area (Å²) in [6.07, 6.45) is 10.5. The van der Waals surface area contributed by atoms with E-state index in [0.29, 0.717) is 71.3 Å². The molecule has 0 fully saturated rings. The summed E-state index contributed by atoms with van der Waals surface area (Å²) in [6, 6.07) is 23.7. The number of hydrogen-bond donors (Lipinski definition) is 2. The summed E-state index contributed by atoms with van der Waals surface area (Å²) < 4.78 is 33.9. The van der Waals surface area contributed by atoms with E-state index < -0.39 is 12.1 Å². The fraction of sp³-hybridized carbons (Fsp3) is 0.360. The van der Waals surface area contributed by atoms with Crippen LogP contribution in [0.25, 0.3) is 0 Å². The van der Waals surface area contributed by atoms with Gasteiger partial charge in [-0.1, -0.05) is 60.7 Å². The van der Waals surface area contributed by atoms with Crippen molar-refractivity contribution in [1.29, 1.82) is 0 Å². The van der Waals surface area contributed by atoms with Gasteiger partial charge in [-0.3, -0.25) is 19.2 Å². The standard InChI is InChI=1S/2C25H28N2O5/c2*1-16-8-4-6-10-20(18-12-13-22-23(14-18)31-15-30-22)26-24(28)17(2)27(3)25(29)19-9-5-7-11-21(19)32-16/h2*4-7,9,11-14,16-17,20H,8,10,15H2,1-3H3,(H,26,28)/b6-4+;6-4-/t2*16-,17+,20+/m00/s1. The largest absolute Gasteiger partial charge is 0.490 e. The molecule has 8 rings (SSSR count). The average Bonchev–Trinajstić information content (AvgIpc) is 3.99. The lowest BCUT2D eigenvalue weighted by Crippen LogP contribution is -2.47. The Morgan fingerprint density at radius 3 is 1.27 bits per heavy atom. The third kappa shape index (κ3) is 10.6. The summed E-state index contributed by atoms with van der Waals surface area (Å²) in [7, 11) is 3.27. The number of ether oxygens (including phenoxy) is 6. The smallest absolute Gasteiger partial charge is 0.258 e. The summed E-state index contributed by atoms with van der Waals surface area (Å²) >= 11 is 0. The van der Waals surface area contributed by atoms with Gasteiger partial charge in [0.2, 0.25) is 25.4 Å². The maximum absolute atomic E-state index is 13.2. The van der Waals surface area contributed by atoms with Crippen molar-refractivity contribution < 1.29 is 47.6 Å². The first-order valence-electron chi connectivity index (χ1n) is 21.6. The van der Waals surface area contributed by atoms with E-state index in [2.05, 4.69) is 10.6 Å². The molecule has 0 saturated heterocycles. The summed E-state index contributed by atoms with van der Waals surface area (Å²) in [5.41, 5.74) is 2.70. The van der Waals surface area contributed by atoms with Crippen molar-refractivity contribution in [3.05, 3.63) is 131 Å². The maximum Gasteiger partial charge on any atom is 0.258 e. The number of nitrogens with zero attached hydrogens (tertiary/aromatic N) is 2. The van der Waals surface area contributed by atoms with Gasteiger partial charge in [0, 0.05) is 26.9 Å². The molecule has 64 heavy (non-hydrogen) atoms. The molecular weight excluding hydrogens is 817 g/mol. The molecule has 4 heterocycles. The van der Waals surface area contributed by atoms with Crippen molar-refractivity contribution in [1.82, 2.24) is 20.4 Å². The zero-order valence-electron chi connectivity index (χ0n) is 37.1. The minimum atomic E-state index is -0.670. The third-order valence-corrected chi connectivity index (χ3v) is 11.7. The van der Waals surface area contributed by atoms with Crippen LogP contribution in [0.4, 0.5) is 0 Å². The normalized spacial score (nSPS) is 24.7. The molecule has 0 aliphatic carbocycles. The van der Waals surface area contributed by atoms with E-state index in [4.69, 9.17) is 28.4 Å². The highest BCUT2D eigenvalue weighted by molar-refractivity contribution is 6.00. The SMILES string of the molecule is C[C@@H]1C(=O)N[C@@H](c2ccc3c(c2)OCO3)C/C=C/C[C@H](C)Oc2ccccc2C(=O)N1C.C[C@@H]1C(=O)N[C@@H](c2ccc3c(c2)OCO3)C/C=C\C[C@H](C)Oc2ccccc2C(=O)N1C. The van der Waals surface area contributed by atoms with Gasteiger partial charge in [0.1, 0.15) is 23.6 Å². The van der Waals surface area contributed by atoms with Gasteiger partial charge in [0.05, 0.1) is 35.4 Å². The number of para-hydroxylation sites is 2. The number of rotatable bonds is 2. The second kappa shape index (κ2) is 20.5. The van der Waals surface area contributed by atoms with Crippen molar-refractivity contribution in [3.8, 4) is 34.5 Å². The van der Waals surface area contributed by atoms with Crippen LogP contribution in [0.3, 0.4) is 0 Å². The number of benzene rings is 4. The molecule has 0 saturated carbocycles. The van der Waals surface area contributed by atoms with Crippen LogP contribution in [0.15, 0.2) is 109 Å². The van der Waals surface area contributed by atoms with Crippen LogP contribution < -0.4 is 39.1 Å². The van der Waals surface area contributed by atoms with E-state index in [-0.39, 0.29) is 61.5 Å². The van der Waals surface area contributed by atoms with E-state index in [0.717, 1.165) is 11.1 Å². The highest BCUT2D eigenvalue weighted by Gasteiger charge is 2.30. The van der Waals surface area contributed by atoms with E-state index >= 15 is 0 Å². The summed E-state index contributed by atoms with van der Waals surface area (Å²) in [5.74, 6) is 2.77. The van der Waals surface area contributed by atoms with Crippen molar-refractivity contribution in [2.75, 3.05) is 27.7 Å². The number of fused-ring (bicyclic) bond motifs is 4. The number of amides is 4. The molecule has 4 aliphatic rings. The fourth-order valence-electron chi connectivity index (χ4n) is 7.55. The van der Waals surface area contributed by atoms with Crippen LogP contribution in [-0.2, 0) is 9.59 Å². The van der Waals surface area contributed by atoms with Gasteiger partial charge < -0.3 is 48.9 Å². The van der Waals surface area contributed by atoms with Crippen molar-refractivity contribution in [2.24, 2.45) is 0 Å². The van der Waals surface area contributed by atoms with E-state index in [1.165, 1.54) is 9.80 Å². The molecule has 0 spiro atoms. The minimum absolute atomic E-state index is 0.107. The second-order valence-electron chi connectivity index (χ2n) is 16.3. The minimum Gasteiger partial charge on any atom is -0.490 e. The van der Waals surface area contributed by atoms with Gasteiger partial charge in [0.25, 0.3) is 11.8 Å². The first-order valence-corrected chi connectivity index (χ1v) is 21.6. The van der Waals surface area contributed by atoms with Gasteiger partial charge in [0.15, 0.2) is 23.0 Å². The summed E-state index contributed by atoms with van der Waals surface area (Å²) in [6.45, 7) is 7.77. The maximum atomic E-state index is 13.2. The molecule has 14 nitrogen and oxygen atoms in total. The van der Waals surface area contributed by atoms with Crippen LogP contribution in [0.1, 0.15) is 97.3 Å². The highest BCUT2D eigenvalue weighted by Crippen LogP contribution is 2.37. The molecule has 0 unspecified atom stereocenters. The molecule has 0 radical (unpaired) electrons. The predicted molar refractivity (Wildman–Crippen MR) is 240 cm³/mol. The molecule has 4 amide bonds. The highest BCUT2D eigenvalue weighted by atomic mass is 16.7. The Balaban J connectivity index is 0.000000191. The molecule has 4 aliphatic heterocycles. The predicted octanol–water partition coefficient (Wildman–Crippen LogP) is 7.70. The average molecular weight is 873 g/mol. The number of carbonyl (C=O) groups is 4. The topological polar surface area (TPSA) is 154 Å². The first kappa shape index (κ1) is 45.1. The zero-order chi connectivity index (χ0) is 45.3. The molecule has 0 bridgehead atoms. The van der Waals surface area contributed by atoms with Crippen LogP contribution in [-0.4, -0.2) is 85.4 Å². The molecule has 0 aromatic heterocycles. The number of hydrogen-bond acceptors (Lipinski definition) is 10. The quantitative estimate of drug-likeness (QED) is 0.192. The Hall–Kier alpha value is -6.96. The van der Waals surface area contributed by atoms with E-state index in [1.54, 1.807) is 64.3 Å². The van der Waals surface area contributed by atoms with E-state index in [1.807, 2.05) is 86.7 Å². The third-order valence-electron chi connectivity index (χ3n) is 11.7. The molecule has 336 valence electrons. The van der Waals surface area contributed by atoms with Gasteiger partial charge >= 0.3 is 0 Å². The van der Waals surface area contributed by atoms with E-state index in [9.17, 15) is 19.2 Å². The van der Waals surface area contributed by atoms with Crippen molar-refractivity contribution in [2.45, 2.75) is 89.8 Å². The van der Waals surface area contributed by atoms with Crippen molar-refractivity contribution >= 4 is 23.6 Å². The fourth-order valence-corrected chi connectivity index (χ4v) is 7.55. The van der Waals surface area contributed by atoms with Gasteiger partial charge in [-0.05, 0) is 100 Å². The molecule has 14 heteroatoms. The number of carbonyl (C=O) groups excluding carboxylic acids is 4. The Bertz CT molecular complexity index is 2230. The van der Waals surface area contributed by atoms with Crippen LogP contribution in [0.5, 0.6) is 34.5 Å². The summed E-state index contributed by atoms with van der Waals surface area (Å²) in [4.78, 5) is 55.4. The van der Waals surface area contributed by atoms with Gasteiger partial charge in [-0.25, -0.2) is 0 Å². The van der Waals surface area contributed by atoms with Gasteiger partial charge in [-0.2, -0.15) is 0 Å². The Labute approximate surface area is 374 Å². The number of nitrogens with one attached hydrogen (secondary N) is 2. The lowest BCUT2D eigenvalue weighted by molar-refractivity contribution is -0.126.